The van der Waals surface area contributed by atoms with Crippen LogP contribution in [0.3, 0.4) is 0 Å². The fourth-order valence-electron chi connectivity index (χ4n) is 2.05. The third kappa shape index (κ3) is 2.89. The number of rotatable bonds is 3. The molecule has 3 N–H and O–H groups in total. The van der Waals surface area contributed by atoms with Crippen molar-refractivity contribution in [3.05, 3.63) is 28.8 Å². The van der Waals surface area contributed by atoms with Crippen molar-refractivity contribution in [2.24, 2.45) is 11.7 Å². The Bertz CT molecular complexity index is 351. The molecule has 0 spiro atoms. The summed E-state index contributed by atoms with van der Waals surface area (Å²) >= 11 is 0. The van der Waals surface area contributed by atoms with Gasteiger partial charge >= 0.3 is 0 Å². The van der Waals surface area contributed by atoms with Gasteiger partial charge in [0.2, 0.25) is 0 Å². The molecule has 1 aromatic rings. The molecule has 1 aliphatic rings. The van der Waals surface area contributed by atoms with Gasteiger partial charge in [0.1, 0.15) is 5.75 Å². The van der Waals surface area contributed by atoms with E-state index >= 15 is 0 Å². The quantitative estimate of drug-likeness (QED) is 0.854. The summed E-state index contributed by atoms with van der Waals surface area (Å²) in [5.74, 6) is 1.24. The molecule has 0 bridgehead atoms. The Hall–Kier alpha value is -0.730. The van der Waals surface area contributed by atoms with Crippen LogP contribution < -0.4 is 5.73 Å². The summed E-state index contributed by atoms with van der Waals surface area (Å²) in [6, 6.07) is 4.15. The van der Waals surface area contributed by atoms with Crippen LogP contribution in [-0.2, 0) is 0 Å². The van der Waals surface area contributed by atoms with Crippen molar-refractivity contribution >= 4 is 12.4 Å². The van der Waals surface area contributed by atoms with Gasteiger partial charge in [-0.05, 0) is 42.9 Å². The zero-order chi connectivity index (χ0) is 11.0. The van der Waals surface area contributed by atoms with E-state index in [0.717, 1.165) is 29.0 Å². The molecular formula is C13H20ClNO. The second-order valence-corrected chi connectivity index (χ2v) is 4.79. The molecule has 90 valence electrons. The first-order valence-corrected chi connectivity index (χ1v) is 5.63. The van der Waals surface area contributed by atoms with E-state index in [-0.39, 0.29) is 18.4 Å². The van der Waals surface area contributed by atoms with Gasteiger partial charge < -0.3 is 10.8 Å². The molecule has 2 rings (SSSR count). The highest BCUT2D eigenvalue weighted by molar-refractivity contribution is 5.85. The van der Waals surface area contributed by atoms with E-state index in [0.29, 0.717) is 5.75 Å². The molecule has 0 radical (unpaired) electrons. The summed E-state index contributed by atoms with van der Waals surface area (Å²) in [7, 11) is 0. The molecule has 0 unspecified atom stereocenters. The maximum absolute atomic E-state index is 9.67. The van der Waals surface area contributed by atoms with E-state index in [1.807, 2.05) is 26.0 Å². The zero-order valence-corrected chi connectivity index (χ0v) is 10.7. The van der Waals surface area contributed by atoms with Crippen LogP contribution in [0.5, 0.6) is 5.75 Å². The number of aromatic hydroxyl groups is 1. The number of hydrogen-bond donors (Lipinski definition) is 2. The zero-order valence-electron chi connectivity index (χ0n) is 9.86. The van der Waals surface area contributed by atoms with E-state index in [1.165, 1.54) is 12.8 Å². The van der Waals surface area contributed by atoms with Crippen LogP contribution in [0.2, 0.25) is 0 Å². The highest BCUT2D eigenvalue weighted by atomic mass is 35.5. The Kier molecular flexibility index (Phi) is 4.22. The highest BCUT2D eigenvalue weighted by Crippen LogP contribution is 2.37. The molecule has 1 aliphatic carbocycles. The molecule has 0 aliphatic heterocycles. The van der Waals surface area contributed by atoms with Gasteiger partial charge in [0.25, 0.3) is 0 Å². The fourth-order valence-corrected chi connectivity index (χ4v) is 2.05. The molecule has 0 aromatic heterocycles. The summed E-state index contributed by atoms with van der Waals surface area (Å²) in [6.07, 6.45) is 3.76. The highest BCUT2D eigenvalue weighted by Gasteiger charge is 2.24. The Labute approximate surface area is 103 Å². The van der Waals surface area contributed by atoms with Gasteiger partial charge in [-0.1, -0.05) is 25.0 Å². The first-order valence-electron chi connectivity index (χ1n) is 5.63. The summed E-state index contributed by atoms with van der Waals surface area (Å²) in [5, 5.41) is 9.67. The third-order valence-corrected chi connectivity index (χ3v) is 3.23. The third-order valence-electron chi connectivity index (χ3n) is 3.23. The predicted molar refractivity (Wildman–Crippen MR) is 69.1 cm³/mol. The van der Waals surface area contributed by atoms with Gasteiger partial charge in [-0.25, -0.2) is 0 Å². The minimum atomic E-state index is 0. The lowest BCUT2D eigenvalue weighted by molar-refractivity contribution is 0.466. The van der Waals surface area contributed by atoms with Gasteiger partial charge in [0.15, 0.2) is 0 Å². The second-order valence-electron chi connectivity index (χ2n) is 4.79. The van der Waals surface area contributed by atoms with Crippen molar-refractivity contribution in [3.63, 3.8) is 0 Å². The van der Waals surface area contributed by atoms with Crippen LogP contribution in [0.15, 0.2) is 12.1 Å². The van der Waals surface area contributed by atoms with Gasteiger partial charge in [0.05, 0.1) is 0 Å². The number of aryl methyl sites for hydroxylation is 2. The number of benzene rings is 1. The van der Waals surface area contributed by atoms with Gasteiger partial charge in [-0.15, -0.1) is 12.4 Å². The van der Waals surface area contributed by atoms with Crippen molar-refractivity contribution in [2.45, 2.75) is 39.2 Å². The van der Waals surface area contributed by atoms with Crippen molar-refractivity contribution in [1.82, 2.24) is 0 Å². The minimum Gasteiger partial charge on any atom is -0.507 e. The summed E-state index contributed by atoms with van der Waals surface area (Å²) < 4.78 is 0. The Balaban J connectivity index is 0.00000128. The summed E-state index contributed by atoms with van der Waals surface area (Å²) in [6.45, 7) is 3.85. The molecule has 1 saturated carbocycles. The minimum absolute atomic E-state index is 0. The van der Waals surface area contributed by atoms with E-state index < -0.39 is 0 Å². The lowest BCUT2D eigenvalue weighted by atomic mass is 9.97. The summed E-state index contributed by atoms with van der Waals surface area (Å²) in [5.41, 5.74) is 9.16. The number of phenolic OH excluding ortho intramolecular Hbond substituents is 1. The lowest BCUT2D eigenvalue weighted by Gasteiger charge is -2.14. The molecule has 0 heterocycles. The normalized spacial score (nSPS) is 16.7. The molecule has 1 atom stereocenters. The maximum Gasteiger partial charge on any atom is 0.121 e. The molecule has 3 heteroatoms. The van der Waals surface area contributed by atoms with E-state index in [4.69, 9.17) is 5.73 Å². The molecule has 1 aromatic carbocycles. The molecule has 16 heavy (non-hydrogen) atoms. The Morgan fingerprint density at radius 3 is 2.25 bits per heavy atom. The molecule has 0 saturated heterocycles. The van der Waals surface area contributed by atoms with E-state index in [9.17, 15) is 5.11 Å². The first kappa shape index (κ1) is 13.3. The first-order chi connectivity index (χ1) is 7.08. The van der Waals surface area contributed by atoms with Gasteiger partial charge in [0, 0.05) is 6.04 Å². The number of nitrogens with two attached hydrogens (primary N) is 1. The van der Waals surface area contributed by atoms with Crippen LogP contribution in [0, 0.1) is 19.8 Å². The van der Waals surface area contributed by atoms with Crippen molar-refractivity contribution in [1.29, 1.82) is 0 Å². The van der Waals surface area contributed by atoms with E-state index in [1.54, 1.807) is 0 Å². The SMILES string of the molecule is Cc1cc([C@H](N)CC2CC2)cc(C)c1O.Cl. The molecule has 0 amide bonds. The van der Waals surface area contributed by atoms with Crippen molar-refractivity contribution in [3.8, 4) is 5.75 Å². The van der Waals surface area contributed by atoms with Crippen molar-refractivity contribution < 1.29 is 5.11 Å². The standard InChI is InChI=1S/C13H19NO.ClH/c1-8-5-11(6-9(2)13(8)15)12(14)7-10-3-4-10;/h5-6,10,12,15H,3-4,7,14H2,1-2H3;1H/t12-;/m1./s1. The number of phenols is 1. The monoisotopic (exact) mass is 241 g/mol. The van der Waals surface area contributed by atoms with Crippen LogP contribution in [0.4, 0.5) is 0 Å². The average molecular weight is 242 g/mol. The maximum atomic E-state index is 9.67. The smallest absolute Gasteiger partial charge is 0.121 e. The average Bonchev–Trinajstić information content (AvgIpc) is 2.97. The Morgan fingerprint density at radius 1 is 1.31 bits per heavy atom. The lowest BCUT2D eigenvalue weighted by Crippen LogP contribution is -2.11. The Morgan fingerprint density at radius 2 is 1.81 bits per heavy atom. The second kappa shape index (κ2) is 5.07. The molecule has 1 fully saturated rings. The van der Waals surface area contributed by atoms with Crippen LogP contribution >= 0.6 is 12.4 Å². The fraction of sp³-hybridized carbons (Fsp3) is 0.538. The topological polar surface area (TPSA) is 46.2 Å². The van der Waals surface area contributed by atoms with E-state index in [2.05, 4.69) is 0 Å². The van der Waals surface area contributed by atoms with Crippen LogP contribution in [0.25, 0.3) is 0 Å². The summed E-state index contributed by atoms with van der Waals surface area (Å²) in [4.78, 5) is 0. The number of hydrogen-bond acceptors (Lipinski definition) is 2. The molecular weight excluding hydrogens is 222 g/mol. The van der Waals surface area contributed by atoms with Gasteiger partial charge in [-0.3, -0.25) is 0 Å². The van der Waals surface area contributed by atoms with Gasteiger partial charge in [-0.2, -0.15) is 0 Å². The predicted octanol–water partition coefficient (Wildman–Crippen LogP) is 3.23. The molecule has 2 nitrogen and oxygen atoms in total. The largest absolute Gasteiger partial charge is 0.507 e. The number of halogens is 1. The van der Waals surface area contributed by atoms with Crippen LogP contribution in [0.1, 0.15) is 42.0 Å². The van der Waals surface area contributed by atoms with Crippen molar-refractivity contribution in [2.75, 3.05) is 0 Å². The van der Waals surface area contributed by atoms with Crippen LogP contribution in [-0.4, -0.2) is 5.11 Å².